The van der Waals surface area contributed by atoms with Crippen molar-refractivity contribution >= 4 is 15.9 Å². The first-order valence-electron chi connectivity index (χ1n) is 5.30. The van der Waals surface area contributed by atoms with Crippen LogP contribution in [0.4, 0.5) is 0 Å². The van der Waals surface area contributed by atoms with Crippen molar-refractivity contribution < 1.29 is 14.2 Å². The Bertz CT molecular complexity index is 377. The Kier molecular flexibility index (Phi) is 2.37. The van der Waals surface area contributed by atoms with E-state index < -0.39 is 5.97 Å². The molecule has 0 unspecified atom stereocenters. The van der Waals surface area contributed by atoms with Gasteiger partial charge in [0.15, 0.2) is 0 Å². The number of rotatable bonds is 1. The van der Waals surface area contributed by atoms with Crippen LogP contribution in [0.5, 0.6) is 0 Å². The Labute approximate surface area is 103 Å². The average molecular weight is 285 g/mol. The summed E-state index contributed by atoms with van der Waals surface area (Å²) in [4.78, 5) is 0. The van der Waals surface area contributed by atoms with Crippen LogP contribution in [0.25, 0.3) is 0 Å². The van der Waals surface area contributed by atoms with Crippen molar-refractivity contribution in [3.63, 3.8) is 0 Å². The number of ether oxygens (including phenoxy) is 3. The third-order valence-electron chi connectivity index (χ3n) is 3.29. The first-order chi connectivity index (χ1) is 7.62. The average Bonchev–Trinajstić information content (AvgIpc) is 2.31. The maximum absolute atomic E-state index is 5.60. The van der Waals surface area contributed by atoms with Crippen molar-refractivity contribution in [3.05, 3.63) is 34.3 Å². The van der Waals surface area contributed by atoms with E-state index in [9.17, 15) is 0 Å². The molecule has 2 bridgehead atoms. The van der Waals surface area contributed by atoms with Crippen LogP contribution in [-0.2, 0) is 19.6 Å². The van der Waals surface area contributed by atoms with E-state index in [0.717, 1.165) is 4.47 Å². The Morgan fingerprint density at radius 1 is 1.00 bits per heavy atom. The highest BCUT2D eigenvalue weighted by Gasteiger charge is 2.50. The van der Waals surface area contributed by atoms with Crippen LogP contribution in [0, 0.1) is 0 Å². The van der Waals surface area contributed by atoms with Crippen LogP contribution < -0.4 is 0 Å². The molecule has 4 heteroatoms. The Morgan fingerprint density at radius 3 is 2.00 bits per heavy atom. The highest BCUT2D eigenvalue weighted by molar-refractivity contribution is 9.10. The monoisotopic (exact) mass is 284 g/mol. The molecule has 3 aliphatic heterocycles. The summed E-state index contributed by atoms with van der Waals surface area (Å²) in [6.07, 6.45) is 0. The van der Waals surface area contributed by atoms with Crippen molar-refractivity contribution in [2.75, 3.05) is 19.8 Å². The molecule has 0 radical (unpaired) electrons. The molecule has 3 nitrogen and oxygen atoms in total. The van der Waals surface area contributed by atoms with Crippen LogP contribution in [0.3, 0.4) is 0 Å². The van der Waals surface area contributed by atoms with Crippen molar-refractivity contribution in [3.8, 4) is 0 Å². The third-order valence-corrected chi connectivity index (χ3v) is 3.82. The highest BCUT2D eigenvalue weighted by atomic mass is 79.9. The van der Waals surface area contributed by atoms with Crippen molar-refractivity contribution in [2.24, 2.45) is 0 Å². The quantitative estimate of drug-likeness (QED) is 0.793. The maximum atomic E-state index is 5.60. The summed E-state index contributed by atoms with van der Waals surface area (Å²) >= 11 is 3.43. The number of halogens is 1. The molecule has 0 amide bonds. The topological polar surface area (TPSA) is 27.7 Å². The molecule has 3 aliphatic rings. The second-order valence-corrected chi connectivity index (χ2v) is 5.43. The molecule has 0 aliphatic carbocycles. The number of benzene rings is 1. The van der Waals surface area contributed by atoms with Gasteiger partial charge in [0.2, 0.25) is 0 Å². The Morgan fingerprint density at radius 2 is 1.50 bits per heavy atom. The molecular weight excluding hydrogens is 272 g/mol. The lowest BCUT2D eigenvalue weighted by atomic mass is 9.81. The first-order valence-corrected chi connectivity index (χ1v) is 6.09. The van der Waals surface area contributed by atoms with E-state index in [1.807, 2.05) is 19.1 Å². The summed E-state index contributed by atoms with van der Waals surface area (Å²) in [7, 11) is 0. The molecule has 1 aromatic rings. The van der Waals surface area contributed by atoms with Gasteiger partial charge in [0.05, 0.1) is 25.2 Å². The van der Waals surface area contributed by atoms with Gasteiger partial charge in [0.1, 0.15) is 0 Å². The van der Waals surface area contributed by atoms with E-state index in [4.69, 9.17) is 14.2 Å². The fraction of sp³-hybridized carbons (Fsp3) is 0.500. The molecule has 86 valence electrons. The van der Waals surface area contributed by atoms with Crippen LogP contribution in [-0.4, -0.2) is 25.8 Å². The third kappa shape index (κ3) is 1.61. The van der Waals surface area contributed by atoms with Gasteiger partial charge in [0.25, 0.3) is 5.97 Å². The molecule has 0 saturated carbocycles. The number of hydrogen-bond donors (Lipinski definition) is 0. The van der Waals surface area contributed by atoms with Crippen LogP contribution in [0.1, 0.15) is 12.5 Å². The minimum atomic E-state index is -0.822. The normalized spacial score (nSPS) is 37.6. The first kappa shape index (κ1) is 10.7. The Hall–Kier alpha value is -0.420. The van der Waals surface area contributed by atoms with Crippen molar-refractivity contribution in [1.82, 2.24) is 0 Å². The molecule has 0 N–H and O–H groups in total. The van der Waals surface area contributed by atoms with E-state index in [2.05, 4.69) is 28.1 Å². The van der Waals surface area contributed by atoms with E-state index >= 15 is 0 Å². The molecule has 4 rings (SSSR count). The predicted octanol–water partition coefficient (Wildman–Crippen LogP) is 2.44. The van der Waals surface area contributed by atoms with Gasteiger partial charge < -0.3 is 14.2 Å². The molecule has 1 aromatic carbocycles. The van der Waals surface area contributed by atoms with E-state index in [1.54, 1.807) is 0 Å². The van der Waals surface area contributed by atoms with E-state index in [0.29, 0.717) is 19.8 Å². The second-order valence-electron chi connectivity index (χ2n) is 4.52. The molecule has 3 saturated heterocycles. The summed E-state index contributed by atoms with van der Waals surface area (Å²) in [6, 6.07) is 8.25. The molecule has 0 aromatic heterocycles. The van der Waals surface area contributed by atoms with Crippen LogP contribution >= 0.6 is 15.9 Å². The van der Waals surface area contributed by atoms with E-state index in [-0.39, 0.29) is 5.41 Å². The van der Waals surface area contributed by atoms with Gasteiger partial charge in [0, 0.05) is 11.4 Å². The summed E-state index contributed by atoms with van der Waals surface area (Å²) in [5, 5.41) is 0. The zero-order valence-electron chi connectivity index (χ0n) is 9.03. The Balaban J connectivity index is 1.92. The van der Waals surface area contributed by atoms with Gasteiger partial charge in [-0.15, -0.1) is 0 Å². The zero-order valence-corrected chi connectivity index (χ0v) is 10.6. The molecule has 3 heterocycles. The largest absolute Gasteiger partial charge is 0.327 e. The van der Waals surface area contributed by atoms with Crippen LogP contribution in [0.2, 0.25) is 0 Å². The van der Waals surface area contributed by atoms with Crippen molar-refractivity contribution in [1.29, 1.82) is 0 Å². The van der Waals surface area contributed by atoms with Gasteiger partial charge >= 0.3 is 0 Å². The SMILES string of the molecule is CC12OCC(c3ccc(Br)cc3)(CO1)CO2. The lowest BCUT2D eigenvalue weighted by molar-refractivity contribution is -0.445. The van der Waals surface area contributed by atoms with Crippen molar-refractivity contribution in [2.45, 2.75) is 18.3 Å². The zero-order chi connectivity index (χ0) is 11.2. The molecule has 3 fully saturated rings. The molecular formula is C12H13BrO3. The number of fused-ring (bicyclic) bond motifs is 3. The summed E-state index contributed by atoms with van der Waals surface area (Å²) in [5.74, 6) is -0.822. The van der Waals surface area contributed by atoms with Gasteiger partial charge in [-0.25, -0.2) is 0 Å². The molecule has 16 heavy (non-hydrogen) atoms. The summed E-state index contributed by atoms with van der Waals surface area (Å²) < 4.78 is 17.9. The lowest BCUT2D eigenvalue weighted by Crippen LogP contribution is -2.60. The molecule has 0 atom stereocenters. The van der Waals surface area contributed by atoms with Gasteiger partial charge in [-0.05, 0) is 17.7 Å². The smallest absolute Gasteiger partial charge is 0.279 e. The maximum Gasteiger partial charge on any atom is 0.279 e. The summed E-state index contributed by atoms with van der Waals surface area (Å²) in [6.45, 7) is 3.79. The minimum absolute atomic E-state index is 0.140. The second kappa shape index (κ2) is 3.53. The van der Waals surface area contributed by atoms with E-state index in [1.165, 1.54) is 5.56 Å². The fourth-order valence-electron chi connectivity index (χ4n) is 2.11. The minimum Gasteiger partial charge on any atom is -0.327 e. The summed E-state index contributed by atoms with van der Waals surface area (Å²) in [5.41, 5.74) is 1.07. The van der Waals surface area contributed by atoms with Gasteiger partial charge in [-0.2, -0.15) is 0 Å². The van der Waals surface area contributed by atoms with Gasteiger partial charge in [-0.1, -0.05) is 28.1 Å². The predicted molar refractivity (Wildman–Crippen MR) is 62.1 cm³/mol. The lowest BCUT2D eigenvalue weighted by Gasteiger charge is -2.50. The number of hydrogen-bond acceptors (Lipinski definition) is 3. The highest BCUT2D eigenvalue weighted by Crippen LogP contribution is 2.40. The van der Waals surface area contributed by atoms with Crippen LogP contribution in [0.15, 0.2) is 28.7 Å². The molecule has 0 spiro atoms. The fourth-order valence-corrected chi connectivity index (χ4v) is 2.38. The van der Waals surface area contributed by atoms with Gasteiger partial charge in [-0.3, -0.25) is 0 Å². The standard InChI is InChI=1S/C12H13BrO3/c1-11-14-6-12(7-15-11,8-16-11)9-2-4-10(13)5-3-9/h2-5H,6-8H2,1H3.